The molecule has 0 radical (unpaired) electrons. The Hall–Kier alpha value is -2.37. The molecule has 1 amide bonds. The maximum Gasteiger partial charge on any atom is 0.266 e. The summed E-state index contributed by atoms with van der Waals surface area (Å²) in [6, 6.07) is 5.86. The lowest BCUT2D eigenvalue weighted by Crippen LogP contribution is -2.38. The Morgan fingerprint density at radius 2 is 2.08 bits per heavy atom. The molecule has 1 aliphatic carbocycles. The fourth-order valence-electron chi connectivity index (χ4n) is 3.52. The molecule has 0 aliphatic heterocycles. The third-order valence-electron chi connectivity index (χ3n) is 5.12. The summed E-state index contributed by atoms with van der Waals surface area (Å²) < 4.78 is 5.75. The summed E-state index contributed by atoms with van der Waals surface area (Å²) in [5, 5.41) is 0. The van der Waals surface area contributed by atoms with Gasteiger partial charge in [-0.2, -0.15) is 0 Å². The quantitative estimate of drug-likeness (QED) is 0.772. The summed E-state index contributed by atoms with van der Waals surface area (Å²) in [4.78, 5) is 32.3. The number of carbonyl (C=O) groups excluding carboxylic acids is 1. The van der Waals surface area contributed by atoms with Crippen LogP contribution in [0.15, 0.2) is 29.2 Å². The molecule has 1 aliphatic rings. The normalized spacial score (nSPS) is 15.1. The summed E-state index contributed by atoms with van der Waals surface area (Å²) in [5.74, 6) is 0.971. The highest BCUT2D eigenvalue weighted by atomic mass is 16.5. The van der Waals surface area contributed by atoms with Crippen LogP contribution in [0.2, 0.25) is 0 Å². The molecule has 2 aromatic rings. The molecule has 26 heavy (non-hydrogen) atoms. The Kier molecular flexibility index (Phi) is 6.26. The van der Waals surface area contributed by atoms with Crippen molar-refractivity contribution in [1.29, 1.82) is 0 Å². The summed E-state index contributed by atoms with van der Waals surface area (Å²) in [7, 11) is 1.95. The van der Waals surface area contributed by atoms with Crippen LogP contribution in [0, 0.1) is 0 Å². The van der Waals surface area contributed by atoms with Crippen LogP contribution in [0.5, 0.6) is 5.75 Å². The van der Waals surface area contributed by atoms with Crippen molar-refractivity contribution in [1.82, 2.24) is 14.9 Å². The van der Waals surface area contributed by atoms with E-state index in [0.717, 1.165) is 31.4 Å². The second-order valence-electron chi connectivity index (χ2n) is 7.03. The maximum atomic E-state index is 12.3. The fourth-order valence-corrected chi connectivity index (χ4v) is 3.52. The van der Waals surface area contributed by atoms with Gasteiger partial charge in [-0.1, -0.05) is 19.3 Å². The van der Waals surface area contributed by atoms with Crippen molar-refractivity contribution in [2.45, 2.75) is 57.4 Å². The van der Waals surface area contributed by atoms with Gasteiger partial charge in [-0.25, -0.2) is 4.98 Å². The lowest BCUT2D eigenvalue weighted by Gasteiger charge is -2.31. The Labute approximate surface area is 153 Å². The topological polar surface area (TPSA) is 75.3 Å². The van der Waals surface area contributed by atoms with Gasteiger partial charge in [-0.05, 0) is 37.8 Å². The number of carbonyl (C=O) groups is 1. The second-order valence-corrected chi connectivity index (χ2v) is 7.03. The van der Waals surface area contributed by atoms with Crippen molar-refractivity contribution in [3.05, 3.63) is 34.7 Å². The van der Waals surface area contributed by atoms with E-state index in [-0.39, 0.29) is 11.5 Å². The Balaban J connectivity index is 1.39. The molecule has 1 aromatic heterocycles. The van der Waals surface area contributed by atoms with E-state index in [1.807, 2.05) is 24.1 Å². The maximum absolute atomic E-state index is 12.3. The minimum atomic E-state index is -0.214. The molecule has 0 saturated heterocycles. The van der Waals surface area contributed by atoms with Crippen LogP contribution in [0.4, 0.5) is 0 Å². The molecule has 0 unspecified atom stereocenters. The van der Waals surface area contributed by atoms with E-state index in [2.05, 4.69) is 9.97 Å². The average Bonchev–Trinajstić information content (AvgIpc) is 2.67. The van der Waals surface area contributed by atoms with Crippen LogP contribution < -0.4 is 10.3 Å². The van der Waals surface area contributed by atoms with E-state index in [4.69, 9.17) is 4.74 Å². The first-order valence-electron chi connectivity index (χ1n) is 9.51. The molecule has 6 heteroatoms. The lowest BCUT2D eigenvalue weighted by atomic mass is 9.94. The largest absolute Gasteiger partial charge is 0.494 e. The number of nitrogens with one attached hydrogen (secondary N) is 1. The number of fused-ring (bicyclic) bond motifs is 1. The van der Waals surface area contributed by atoms with E-state index in [9.17, 15) is 9.59 Å². The number of benzene rings is 1. The highest BCUT2D eigenvalue weighted by Gasteiger charge is 2.21. The number of hydrogen-bond donors (Lipinski definition) is 1. The molecular formula is C20H27N3O3. The average molecular weight is 357 g/mol. The minimum absolute atomic E-state index is 0.214. The number of nitrogens with zero attached hydrogens (tertiary/aromatic N) is 2. The molecule has 1 heterocycles. The number of ether oxygens (including phenoxy) is 1. The highest BCUT2D eigenvalue weighted by Crippen LogP contribution is 2.22. The Morgan fingerprint density at radius 3 is 2.88 bits per heavy atom. The fraction of sp³-hybridized carbons (Fsp3) is 0.550. The molecule has 6 nitrogen and oxygen atoms in total. The van der Waals surface area contributed by atoms with E-state index >= 15 is 0 Å². The van der Waals surface area contributed by atoms with Crippen molar-refractivity contribution in [2.24, 2.45) is 0 Å². The van der Waals surface area contributed by atoms with Gasteiger partial charge in [0.25, 0.3) is 5.56 Å². The van der Waals surface area contributed by atoms with Crippen LogP contribution in [0.25, 0.3) is 11.0 Å². The number of amides is 1. The van der Waals surface area contributed by atoms with Crippen molar-refractivity contribution in [3.63, 3.8) is 0 Å². The van der Waals surface area contributed by atoms with Gasteiger partial charge in [0.2, 0.25) is 5.91 Å². The molecule has 0 bridgehead atoms. The second kappa shape index (κ2) is 8.83. The zero-order chi connectivity index (χ0) is 18.4. The van der Waals surface area contributed by atoms with Gasteiger partial charge in [0.1, 0.15) is 5.75 Å². The molecule has 0 atom stereocenters. The summed E-state index contributed by atoms with van der Waals surface area (Å²) >= 11 is 0. The molecule has 1 fully saturated rings. The van der Waals surface area contributed by atoms with Gasteiger partial charge in [0.05, 0.1) is 23.8 Å². The number of aromatic nitrogens is 2. The van der Waals surface area contributed by atoms with Crippen LogP contribution >= 0.6 is 0 Å². The predicted octanol–water partition coefficient (Wildman–Crippen LogP) is 3.26. The number of hydrogen-bond acceptors (Lipinski definition) is 4. The number of H-pyrrole nitrogens is 1. The highest BCUT2D eigenvalue weighted by molar-refractivity contribution is 5.76. The molecule has 1 saturated carbocycles. The Bertz CT molecular complexity index is 796. The zero-order valence-electron chi connectivity index (χ0n) is 15.4. The van der Waals surface area contributed by atoms with Gasteiger partial charge in [-0.3, -0.25) is 9.59 Å². The first kappa shape index (κ1) is 18.4. The zero-order valence-corrected chi connectivity index (χ0v) is 15.4. The van der Waals surface area contributed by atoms with Crippen molar-refractivity contribution in [3.8, 4) is 5.75 Å². The summed E-state index contributed by atoms with van der Waals surface area (Å²) in [5.41, 5.74) is 1.18. The van der Waals surface area contributed by atoms with Gasteiger partial charge in [-0.15, -0.1) is 0 Å². The standard InChI is InChI=1S/C20H27N3O3/c1-23(15-7-3-2-4-8-15)20(25)9-5-6-12-26-16-10-11-17-18(13-16)21-14-19(24)22-17/h10-11,13-15H,2-9,12H2,1H3,(H,22,24). The monoisotopic (exact) mass is 357 g/mol. The number of unbranched alkanes of at least 4 members (excludes halogenated alkanes) is 1. The number of rotatable bonds is 7. The van der Waals surface area contributed by atoms with Crippen LogP contribution in [-0.2, 0) is 4.79 Å². The molecule has 0 spiro atoms. The first-order valence-corrected chi connectivity index (χ1v) is 9.51. The first-order chi connectivity index (χ1) is 12.6. The molecule has 1 N–H and O–H groups in total. The lowest BCUT2D eigenvalue weighted by molar-refractivity contribution is -0.132. The van der Waals surface area contributed by atoms with E-state index in [0.29, 0.717) is 30.1 Å². The predicted molar refractivity (Wildman–Crippen MR) is 101 cm³/mol. The van der Waals surface area contributed by atoms with E-state index in [1.165, 1.54) is 25.5 Å². The van der Waals surface area contributed by atoms with Crippen LogP contribution in [0.3, 0.4) is 0 Å². The summed E-state index contributed by atoms with van der Waals surface area (Å²) in [6.07, 6.45) is 9.58. The third-order valence-corrected chi connectivity index (χ3v) is 5.12. The smallest absolute Gasteiger partial charge is 0.266 e. The molecule has 1 aromatic carbocycles. The van der Waals surface area contributed by atoms with E-state index in [1.54, 1.807) is 6.07 Å². The van der Waals surface area contributed by atoms with Crippen LogP contribution in [0.1, 0.15) is 51.4 Å². The van der Waals surface area contributed by atoms with Gasteiger partial charge < -0.3 is 14.6 Å². The third kappa shape index (κ3) is 4.84. The molecule has 3 rings (SSSR count). The van der Waals surface area contributed by atoms with Gasteiger partial charge in [0, 0.05) is 25.6 Å². The number of aromatic amines is 1. The molecule has 140 valence electrons. The molecular weight excluding hydrogens is 330 g/mol. The summed E-state index contributed by atoms with van der Waals surface area (Å²) in [6.45, 7) is 0.565. The minimum Gasteiger partial charge on any atom is -0.494 e. The van der Waals surface area contributed by atoms with Crippen molar-refractivity contribution < 1.29 is 9.53 Å². The van der Waals surface area contributed by atoms with Gasteiger partial charge >= 0.3 is 0 Å². The van der Waals surface area contributed by atoms with Gasteiger partial charge in [0.15, 0.2) is 0 Å². The van der Waals surface area contributed by atoms with Crippen molar-refractivity contribution >= 4 is 16.9 Å². The van der Waals surface area contributed by atoms with E-state index < -0.39 is 0 Å². The van der Waals surface area contributed by atoms with Crippen LogP contribution in [-0.4, -0.2) is 40.5 Å². The SMILES string of the molecule is CN(C(=O)CCCCOc1ccc2[nH]c(=O)cnc2c1)C1CCCCC1. The van der Waals surface area contributed by atoms with Crippen molar-refractivity contribution in [2.75, 3.05) is 13.7 Å². The Morgan fingerprint density at radius 1 is 1.27 bits per heavy atom.